The van der Waals surface area contributed by atoms with Gasteiger partial charge in [0, 0.05) is 17.6 Å². The van der Waals surface area contributed by atoms with Gasteiger partial charge in [-0.2, -0.15) is 0 Å². The minimum atomic E-state index is -0.321. The maximum atomic E-state index is 12.0. The molecule has 0 saturated carbocycles. The summed E-state index contributed by atoms with van der Waals surface area (Å²) < 4.78 is 5.38. The van der Waals surface area contributed by atoms with E-state index in [0.717, 1.165) is 24.1 Å². The number of anilines is 1. The zero-order valence-electron chi connectivity index (χ0n) is 12.2. The van der Waals surface area contributed by atoms with Gasteiger partial charge in [0.05, 0.1) is 5.69 Å². The van der Waals surface area contributed by atoms with E-state index >= 15 is 0 Å². The fraction of sp³-hybridized carbons (Fsp3) is 0.375. The number of amides is 1. The number of aryl methyl sites for hydroxylation is 2. The summed E-state index contributed by atoms with van der Waals surface area (Å²) in [6.45, 7) is 4.82. The summed E-state index contributed by atoms with van der Waals surface area (Å²) >= 11 is 1.45. The standard InChI is InChI=1S/C16H18N2O2S/c1-10-5-6-12(11(2)8-10)13-9-21-16(17-13)18-15(19)14-4-3-7-20-14/h5-6,8-9,14H,3-4,7H2,1-2H3,(H,17,18,19)/t14-/m1/s1. The first-order chi connectivity index (χ1) is 10.1. The van der Waals surface area contributed by atoms with Crippen LogP contribution in [0.1, 0.15) is 24.0 Å². The summed E-state index contributed by atoms with van der Waals surface area (Å²) in [6, 6.07) is 6.29. The molecule has 1 aromatic carbocycles. The topological polar surface area (TPSA) is 51.2 Å². The second kappa shape index (κ2) is 5.95. The monoisotopic (exact) mass is 302 g/mol. The highest BCUT2D eigenvalue weighted by atomic mass is 32.1. The summed E-state index contributed by atoms with van der Waals surface area (Å²) in [4.78, 5) is 16.5. The molecule has 2 heterocycles. The van der Waals surface area contributed by atoms with Crippen molar-refractivity contribution in [1.82, 2.24) is 4.98 Å². The Bertz CT molecular complexity index is 660. The SMILES string of the molecule is Cc1ccc(-c2csc(NC(=O)[C@H]3CCCO3)n2)c(C)c1. The third kappa shape index (κ3) is 3.14. The number of carbonyl (C=O) groups is 1. The van der Waals surface area contributed by atoms with Crippen molar-refractivity contribution in [2.75, 3.05) is 11.9 Å². The Balaban J connectivity index is 1.75. The number of hydrogen-bond acceptors (Lipinski definition) is 4. The van der Waals surface area contributed by atoms with E-state index in [1.54, 1.807) is 0 Å². The van der Waals surface area contributed by atoms with E-state index in [9.17, 15) is 4.79 Å². The lowest BCUT2D eigenvalue weighted by Crippen LogP contribution is -2.26. The van der Waals surface area contributed by atoms with Gasteiger partial charge in [0.1, 0.15) is 6.10 Å². The molecule has 0 spiro atoms. The molecule has 0 bridgehead atoms. The molecule has 110 valence electrons. The first-order valence-electron chi connectivity index (χ1n) is 7.09. The third-order valence-corrected chi connectivity index (χ3v) is 4.37. The average molecular weight is 302 g/mol. The number of hydrogen-bond donors (Lipinski definition) is 1. The Morgan fingerprint density at radius 1 is 1.43 bits per heavy atom. The molecule has 1 aliphatic rings. The number of benzene rings is 1. The van der Waals surface area contributed by atoms with Crippen LogP contribution in [0.25, 0.3) is 11.3 Å². The molecule has 1 atom stereocenters. The predicted molar refractivity (Wildman–Crippen MR) is 84.6 cm³/mol. The molecule has 3 rings (SSSR count). The van der Waals surface area contributed by atoms with Crippen LogP contribution in [0.2, 0.25) is 0 Å². The van der Waals surface area contributed by atoms with Gasteiger partial charge in [-0.25, -0.2) is 4.98 Å². The normalized spacial score (nSPS) is 17.9. The summed E-state index contributed by atoms with van der Waals surface area (Å²) in [5.74, 6) is -0.0889. The van der Waals surface area contributed by atoms with E-state index in [1.807, 2.05) is 5.38 Å². The Kier molecular flexibility index (Phi) is 4.03. The number of nitrogens with one attached hydrogen (secondary N) is 1. The smallest absolute Gasteiger partial charge is 0.255 e. The van der Waals surface area contributed by atoms with Crippen LogP contribution in [0.5, 0.6) is 0 Å². The maximum absolute atomic E-state index is 12.0. The molecule has 21 heavy (non-hydrogen) atoms. The van der Waals surface area contributed by atoms with Crippen LogP contribution in [0.3, 0.4) is 0 Å². The van der Waals surface area contributed by atoms with Crippen LogP contribution in [0.15, 0.2) is 23.6 Å². The molecular weight excluding hydrogens is 284 g/mol. The van der Waals surface area contributed by atoms with Crippen LogP contribution in [-0.2, 0) is 9.53 Å². The molecule has 1 aliphatic heterocycles. The van der Waals surface area contributed by atoms with Gasteiger partial charge < -0.3 is 4.74 Å². The Morgan fingerprint density at radius 2 is 2.29 bits per heavy atom. The molecule has 1 saturated heterocycles. The lowest BCUT2D eigenvalue weighted by Gasteiger charge is -2.07. The van der Waals surface area contributed by atoms with Gasteiger partial charge in [0.15, 0.2) is 5.13 Å². The maximum Gasteiger partial charge on any atom is 0.255 e. The van der Waals surface area contributed by atoms with Gasteiger partial charge in [-0.1, -0.05) is 23.8 Å². The Labute approximate surface area is 128 Å². The van der Waals surface area contributed by atoms with Crippen LogP contribution in [0.4, 0.5) is 5.13 Å². The Hall–Kier alpha value is -1.72. The molecule has 1 aromatic heterocycles. The number of aromatic nitrogens is 1. The molecule has 0 radical (unpaired) electrons. The van der Waals surface area contributed by atoms with Crippen molar-refractivity contribution in [3.63, 3.8) is 0 Å². The molecule has 0 unspecified atom stereocenters. The van der Waals surface area contributed by atoms with Crippen molar-refractivity contribution >= 4 is 22.4 Å². The van der Waals surface area contributed by atoms with E-state index < -0.39 is 0 Å². The first-order valence-corrected chi connectivity index (χ1v) is 7.97. The van der Waals surface area contributed by atoms with Crippen molar-refractivity contribution in [3.05, 3.63) is 34.7 Å². The van der Waals surface area contributed by atoms with Gasteiger partial charge in [0.2, 0.25) is 0 Å². The largest absolute Gasteiger partial charge is 0.368 e. The minimum Gasteiger partial charge on any atom is -0.368 e. The van der Waals surface area contributed by atoms with E-state index in [0.29, 0.717) is 11.7 Å². The summed E-state index contributed by atoms with van der Waals surface area (Å²) in [5, 5.41) is 5.45. The van der Waals surface area contributed by atoms with Gasteiger partial charge in [0.25, 0.3) is 5.91 Å². The zero-order valence-corrected chi connectivity index (χ0v) is 13.0. The lowest BCUT2D eigenvalue weighted by atomic mass is 10.0. The van der Waals surface area contributed by atoms with Crippen molar-refractivity contribution in [1.29, 1.82) is 0 Å². The molecule has 1 amide bonds. The van der Waals surface area contributed by atoms with Crippen molar-refractivity contribution in [2.24, 2.45) is 0 Å². The fourth-order valence-corrected chi connectivity index (χ4v) is 3.24. The van der Waals surface area contributed by atoms with Gasteiger partial charge in [-0.3, -0.25) is 10.1 Å². The summed E-state index contributed by atoms with van der Waals surface area (Å²) in [6.07, 6.45) is 1.42. The van der Waals surface area contributed by atoms with E-state index in [-0.39, 0.29) is 12.0 Å². The second-order valence-electron chi connectivity index (χ2n) is 5.35. The molecule has 4 nitrogen and oxygen atoms in total. The number of nitrogens with zero attached hydrogens (tertiary/aromatic N) is 1. The molecule has 2 aromatic rings. The van der Waals surface area contributed by atoms with Crippen LogP contribution in [-0.4, -0.2) is 23.6 Å². The van der Waals surface area contributed by atoms with Gasteiger partial charge in [-0.05, 0) is 32.3 Å². The van der Waals surface area contributed by atoms with E-state index in [1.165, 1.54) is 22.5 Å². The predicted octanol–water partition coefficient (Wildman–Crippen LogP) is 3.54. The summed E-state index contributed by atoms with van der Waals surface area (Å²) in [5.41, 5.74) is 4.44. The fourth-order valence-electron chi connectivity index (χ4n) is 2.53. The number of ether oxygens (including phenoxy) is 1. The molecule has 1 N–H and O–H groups in total. The lowest BCUT2D eigenvalue weighted by molar-refractivity contribution is -0.124. The Morgan fingerprint density at radius 3 is 3.00 bits per heavy atom. The first kappa shape index (κ1) is 14.2. The van der Waals surface area contributed by atoms with Gasteiger partial charge >= 0.3 is 0 Å². The minimum absolute atomic E-state index is 0.0889. The highest BCUT2D eigenvalue weighted by Gasteiger charge is 2.24. The second-order valence-corrected chi connectivity index (χ2v) is 6.21. The third-order valence-electron chi connectivity index (χ3n) is 3.61. The van der Waals surface area contributed by atoms with Crippen molar-refractivity contribution in [3.8, 4) is 11.3 Å². The van der Waals surface area contributed by atoms with E-state index in [2.05, 4.69) is 42.3 Å². The highest BCUT2D eigenvalue weighted by molar-refractivity contribution is 7.14. The van der Waals surface area contributed by atoms with Crippen molar-refractivity contribution in [2.45, 2.75) is 32.8 Å². The molecular formula is C16H18N2O2S. The zero-order chi connectivity index (χ0) is 14.8. The number of rotatable bonds is 3. The molecule has 0 aliphatic carbocycles. The van der Waals surface area contributed by atoms with Crippen LogP contribution >= 0.6 is 11.3 Å². The van der Waals surface area contributed by atoms with Crippen molar-refractivity contribution < 1.29 is 9.53 Å². The average Bonchev–Trinajstić information content (AvgIpc) is 3.09. The molecule has 5 heteroatoms. The summed E-state index contributed by atoms with van der Waals surface area (Å²) in [7, 11) is 0. The van der Waals surface area contributed by atoms with Crippen LogP contribution in [0, 0.1) is 13.8 Å². The molecule has 1 fully saturated rings. The highest BCUT2D eigenvalue weighted by Crippen LogP contribution is 2.28. The number of carbonyl (C=O) groups excluding carboxylic acids is 1. The van der Waals surface area contributed by atoms with Crippen LogP contribution < -0.4 is 5.32 Å². The van der Waals surface area contributed by atoms with Gasteiger partial charge in [-0.15, -0.1) is 11.3 Å². The van der Waals surface area contributed by atoms with E-state index in [4.69, 9.17) is 4.74 Å². The quantitative estimate of drug-likeness (QED) is 0.943. The number of thiazole rings is 1.